The Balaban J connectivity index is 1.88. The topological polar surface area (TPSA) is 87.6 Å². The van der Waals surface area contributed by atoms with Crippen molar-refractivity contribution in [2.45, 2.75) is 6.92 Å². The van der Waals surface area contributed by atoms with Gasteiger partial charge in [-0.1, -0.05) is 0 Å². The van der Waals surface area contributed by atoms with Gasteiger partial charge in [-0.15, -0.1) is 0 Å². The lowest BCUT2D eigenvalue weighted by Crippen LogP contribution is -2.15. The molecule has 0 aliphatic heterocycles. The van der Waals surface area contributed by atoms with E-state index >= 15 is 0 Å². The molecule has 0 fully saturated rings. The predicted molar refractivity (Wildman–Crippen MR) is 118 cm³/mol. The van der Waals surface area contributed by atoms with Gasteiger partial charge in [-0.25, -0.2) is 9.18 Å². The molecular weight excluding hydrogens is 417 g/mol. The van der Waals surface area contributed by atoms with Crippen molar-refractivity contribution in [3.05, 3.63) is 58.9 Å². The van der Waals surface area contributed by atoms with E-state index in [1.165, 1.54) is 38.2 Å². The third-order valence-corrected chi connectivity index (χ3v) is 5.00. The van der Waals surface area contributed by atoms with Gasteiger partial charge in [-0.05, 0) is 31.2 Å². The number of aromatic nitrogens is 3. The number of methoxy groups -OCH3 is 3. The Bertz CT molecular complexity index is 1320. The van der Waals surface area contributed by atoms with Gasteiger partial charge < -0.3 is 23.9 Å². The monoisotopic (exact) mass is 439 g/mol. The second-order valence-corrected chi connectivity index (χ2v) is 6.81. The van der Waals surface area contributed by atoms with Gasteiger partial charge in [0.25, 0.3) is 0 Å². The maximum absolute atomic E-state index is 14.4. The standard InChI is InChI=1S/C23H22FN3O5/c1-5-32-19-7-6-13(8-15(19)24)16-11-18-17(12-25-16)26-23(28)27(18)14-9-20(29-2)22(31-4)21(10-14)30-3/h6-12H,5H2,1-4H3,(H,26,28). The summed E-state index contributed by atoms with van der Waals surface area (Å²) in [4.78, 5) is 20.0. The highest BCUT2D eigenvalue weighted by Gasteiger charge is 2.18. The van der Waals surface area contributed by atoms with Crippen LogP contribution in [0.5, 0.6) is 23.0 Å². The van der Waals surface area contributed by atoms with Crippen molar-refractivity contribution in [1.29, 1.82) is 0 Å². The van der Waals surface area contributed by atoms with Gasteiger partial charge in [0.1, 0.15) is 0 Å². The Kier molecular flexibility index (Phi) is 5.72. The van der Waals surface area contributed by atoms with E-state index in [2.05, 4.69) is 9.97 Å². The summed E-state index contributed by atoms with van der Waals surface area (Å²) in [5, 5.41) is 0. The van der Waals surface area contributed by atoms with Crippen molar-refractivity contribution in [3.8, 4) is 39.9 Å². The second-order valence-electron chi connectivity index (χ2n) is 6.81. The number of pyridine rings is 1. The smallest absolute Gasteiger partial charge is 0.331 e. The summed E-state index contributed by atoms with van der Waals surface area (Å²) in [6.45, 7) is 2.15. The molecule has 0 saturated heterocycles. The number of benzene rings is 2. The number of hydrogen-bond donors (Lipinski definition) is 1. The Morgan fingerprint density at radius 1 is 1.00 bits per heavy atom. The van der Waals surface area contributed by atoms with Crippen molar-refractivity contribution in [2.24, 2.45) is 0 Å². The van der Waals surface area contributed by atoms with E-state index in [4.69, 9.17) is 18.9 Å². The SMILES string of the molecule is CCOc1ccc(-c2cc3c(cn2)[nH]c(=O)n3-c2cc(OC)c(OC)c(OC)c2)cc1F. The lowest BCUT2D eigenvalue weighted by Gasteiger charge is -2.14. The Morgan fingerprint density at radius 2 is 1.72 bits per heavy atom. The van der Waals surface area contributed by atoms with Crippen LogP contribution in [0.2, 0.25) is 0 Å². The van der Waals surface area contributed by atoms with Crippen LogP contribution in [0.25, 0.3) is 28.0 Å². The van der Waals surface area contributed by atoms with Gasteiger partial charge in [0.05, 0.1) is 56.5 Å². The van der Waals surface area contributed by atoms with E-state index in [0.717, 1.165) is 0 Å². The van der Waals surface area contributed by atoms with Gasteiger partial charge in [0.15, 0.2) is 23.1 Å². The first-order chi connectivity index (χ1) is 15.5. The number of hydrogen-bond acceptors (Lipinski definition) is 6. The number of imidazole rings is 1. The lowest BCUT2D eigenvalue weighted by atomic mass is 10.1. The van der Waals surface area contributed by atoms with Crippen LogP contribution in [-0.2, 0) is 0 Å². The molecule has 9 heteroatoms. The fraction of sp³-hybridized carbons (Fsp3) is 0.217. The van der Waals surface area contributed by atoms with Crippen LogP contribution in [-0.4, -0.2) is 42.5 Å². The minimum Gasteiger partial charge on any atom is -0.493 e. The molecule has 32 heavy (non-hydrogen) atoms. The molecule has 0 amide bonds. The summed E-state index contributed by atoms with van der Waals surface area (Å²) in [6.07, 6.45) is 1.54. The summed E-state index contributed by atoms with van der Waals surface area (Å²) in [6, 6.07) is 9.69. The van der Waals surface area contributed by atoms with E-state index < -0.39 is 5.82 Å². The van der Waals surface area contributed by atoms with E-state index in [1.54, 1.807) is 37.3 Å². The molecule has 0 saturated carbocycles. The average Bonchev–Trinajstić information content (AvgIpc) is 3.14. The molecule has 8 nitrogen and oxygen atoms in total. The number of halogens is 1. The highest BCUT2D eigenvalue weighted by Crippen LogP contribution is 2.39. The van der Waals surface area contributed by atoms with Crippen molar-refractivity contribution in [3.63, 3.8) is 0 Å². The summed E-state index contributed by atoms with van der Waals surface area (Å²) in [5.41, 5.74) is 2.27. The molecule has 0 radical (unpaired) electrons. The van der Waals surface area contributed by atoms with Gasteiger partial charge in [-0.3, -0.25) is 9.55 Å². The Hall–Kier alpha value is -4.01. The molecule has 0 atom stereocenters. The predicted octanol–water partition coefficient (Wildman–Crippen LogP) is 3.94. The molecule has 0 spiro atoms. The summed E-state index contributed by atoms with van der Waals surface area (Å²) in [7, 11) is 4.51. The first kappa shape index (κ1) is 21.2. The summed E-state index contributed by atoms with van der Waals surface area (Å²) < 4.78 is 37.3. The third-order valence-electron chi connectivity index (χ3n) is 5.00. The van der Waals surface area contributed by atoms with Crippen molar-refractivity contribution < 1.29 is 23.3 Å². The highest BCUT2D eigenvalue weighted by atomic mass is 19.1. The van der Waals surface area contributed by atoms with E-state index in [9.17, 15) is 9.18 Å². The Morgan fingerprint density at radius 3 is 2.31 bits per heavy atom. The van der Waals surface area contributed by atoms with Gasteiger partial charge in [0, 0.05) is 17.7 Å². The van der Waals surface area contributed by atoms with E-state index in [0.29, 0.717) is 51.8 Å². The zero-order chi connectivity index (χ0) is 22.8. The summed E-state index contributed by atoms with van der Waals surface area (Å²) in [5.74, 6) is 0.923. The van der Waals surface area contributed by atoms with Crippen LogP contribution in [0.4, 0.5) is 4.39 Å². The molecule has 4 aromatic rings. The van der Waals surface area contributed by atoms with E-state index in [-0.39, 0.29) is 11.4 Å². The molecule has 0 aliphatic rings. The third kappa shape index (κ3) is 3.62. The van der Waals surface area contributed by atoms with Crippen molar-refractivity contribution >= 4 is 11.0 Å². The van der Waals surface area contributed by atoms with Crippen LogP contribution in [0.15, 0.2) is 47.4 Å². The molecule has 0 unspecified atom stereocenters. The number of rotatable bonds is 7. The normalized spacial score (nSPS) is 10.9. The minimum atomic E-state index is -0.484. The maximum atomic E-state index is 14.4. The van der Waals surface area contributed by atoms with Crippen LogP contribution in [0, 0.1) is 5.82 Å². The number of nitrogens with zero attached hydrogens (tertiary/aromatic N) is 2. The van der Waals surface area contributed by atoms with Crippen LogP contribution >= 0.6 is 0 Å². The first-order valence-electron chi connectivity index (χ1n) is 9.84. The average molecular weight is 439 g/mol. The molecule has 2 heterocycles. The van der Waals surface area contributed by atoms with Crippen LogP contribution in [0.3, 0.4) is 0 Å². The van der Waals surface area contributed by atoms with Crippen LogP contribution < -0.4 is 24.6 Å². The number of ether oxygens (including phenoxy) is 4. The number of fused-ring (bicyclic) bond motifs is 1. The highest BCUT2D eigenvalue weighted by molar-refractivity contribution is 5.81. The van der Waals surface area contributed by atoms with Crippen molar-refractivity contribution in [2.75, 3.05) is 27.9 Å². The fourth-order valence-corrected chi connectivity index (χ4v) is 3.55. The van der Waals surface area contributed by atoms with Gasteiger partial charge >= 0.3 is 5.69 Å². The molecule has 2 aromatic heterocycles. The van der Waals surface area contributed by atoms with Gasteiger partial charge in [0.2, 0.25) is 5.75 Å². The molecule has 2 aromatic carbocycles. The largest absolute Gasteiger partial charge is 0.493 e. The molecule has 4 rings (SSSR count). The minimum absolute atomic E-state index is 0.174. The molecule has 0 aliphatic carbocycles. The zero-order valence-corrected chi connectivity index (χ0v) is 18.1. The number of aromatic amines is 1. The van der Waals surface area contributed by atoms with Crippen molar-refractivity contribution in [1.82, 2.24) is 14.5 Å². The maximum Gasteiger partial charge on any atom is 0.331 e. The summed E-state index contributed by atoms with van der Waals surface area (Å²) >= 11 is 0. The van der Waals surface area contributed by atoms with E-state index in [1.807, 2.05) is 0 Å². The van der Waals surface area contributed by atoms with Crippen LogP contribution in [0.1, 0.15) is 6.92 Å². The first-order valence-corrected chi connectivity index (χ1v) is 9.84. The second kappa shape index (κ2) is 8.62. The zero-order valence-electron chi connectivity index (χ0n) is 18.1. The molecule has 0 bridgehead atoms. The van der Waals surface area contributed by atoms with Gasteiger partial charge in [-0.2, -0.15) is 0 Å². The fourth-order valence-electron chi connectivity index (χ4n) is 3.55. The molecule has 1 N–H and O–H groups in total. The molecule has 166 valence electrons. The quantitative estimate of drug-likeness (QED) is 0.469. The number of H-pyrrole nitrogens is 1. The Labute approximate surface area is 183 Å². The number of nitrogens with one attached hydrogen (secondary N) is 1. The lowest BCUT2D eigenvalue weighted by molar-refractivity contribution is 0.321. The molecular formula is C23H22FN3O5.